The Hall–Kier alpha value is -2.27. The van der Waals surface area contributed by atoms with E-state index >= 15 is 0 Å². The van der Waals surface area contributed by atoms with Gasteiger partial charge in [-0.15, -0.1) is 10.2 Å². The third-order valence-electron chi connectivity index (χ3n) is 2.75. The summed E-state index contributed by atoms with van der Waals surface area (Å²) in [6.07, 6.45) is 0. The van der Waals surface area contributed by atoms with Gasteiger partial charge in [0.1, 0.15) is 0 Å². The van der Waals surface area contributed by atoms with E-state index in [1.807, 2.05) is 12.1 Å². The van der Waals surface area contributed by atoms with Gasteiger partial charge in [0.05, 0.1) is 10.4 Å². The first kappa shape index (κ1) is 10.9. The SMILES string of the molecule is O=[N+]([O-])c1ccc2ccc3nnc(Cl)cc3c2c1. The van der Waals surface area contributed by atoms with E-state index in [9.17, 15) is 10.1 Å². The van der Waals surface area contributed by atoms with E-state index in [4.69, 9.17) is 11.6 Å². The van der Waals surface area contributed by atoms with Crippen LogP contribution >= 0.6 is 11.6 Å². The third-order valence-corrected chi connectivity index (χ3v) is 2.94. The number of benzene rings is 2. The number of halogens is 1. The van der Waals surface area contributed by atoms with Crippen LogP contribution in [0.5, 0.6) is 0 Å². The molecule has 6 heteroatoms. The molecule has 0 unspecified atom stereocenters. The van der Waals surface area contributed by atoms with Gasteiger partial charge in [0.15, 0.2) is 5.15 Å². The Bertz CT molecular complexity index is 789. The molecule has 0 N–H and O–H groups in total. The summed E-state index contributed by atoms with van der Waals surface area (Å²) in [5, 5.41) is 21.2. The summed E-state index contributed by atoms with van der Waals surface area (Å²) in [7, 11) is 0. The van der Waals surface area contributed by atoms with Crippen LogP contribution in [-0.2, 0) is 0 Å². The number of hydrogen-bond donors (Lipinski definition) is 0. The number of nitrogens with zero attached hydrogens (tertiary/aromatic N) is 3. The van der Waals surface area contributed by atoms with E-state index in [1.165, 1.54) is 12.1 Å². The monoisotopic (exact) mass is 259 g/mol. The van der Waals surface area contributed by atoms with Crippen molar-refractivity contribution in [1.29, 1.82) is 0 Å². The first-order valence-electron chi connectivity index (χ1n) is 5.15. The van der Waals surface area contributed by atoms with Crippen LogP contribution < -0.4 is 0 Å². The molecule has 0 radical (unpaired) electrons. The van der Waals surface area contributed by atoms with Gasteiger partial charge in [-0.2, -0.15) is 0 Å². The summed E-state index contributed by atoms with van der Waals surface area (Å²) in [6.45, 7) is 0. The minimum atomic E-state index is -0.422. The fourth-order valence-corrected chi connectivity index (χ4v) is 2.07. The molecule has 0 saturated heterocycles. The van der Waals surface area contributed by atoms with Crippen molar-refractivity contribution in [1.82, 2.24) is 10.2 Å². The minimum absolute atomic E-state index is 0.0444. The molecule has 0 fully saturated rings. The lowest BCUT2D eigenvalue weighted by molar-refractivity contribution is -0.384. The quantitative estimate of drug-likeness (QED) is 0.382. The first-order valence-corrected chi connectivity index (χ1v) is 5.53. The smallest absolute Gasteiger partial charge is 0.258 e. The van der Waals surface area contributed by atoms with Crippen molar-refractivity contribution in [2.75, 3.05) is 0 Å². The normalized spacial score (nSPS) is 10.9. The predicted octanol–water partition coefficient (Wildman–Crippen LogP) is 3.34. The largest absolute Gasteiger partial charge is 0.270 e. The van der Waals surface area contributed by atoms with Gasteiger partial charge < -0.3 is 0 Å². The Morgan fingerprint density at radius 2 is 1.83 bits per heavy atom. The van der Waals surface area contributed by atoms with E-state index in [1.54, 1.807) is 12.1 Å². The Balaban J connectivity index is 2.46. The lowest BCUT2D eigenvalue weighted by Crippen LogP contribution is -1.89. The average molecular weight is 260 g/mol. The summed E-state index contributed by atoms with van der Waals surface area (Å²) in [6, 6.07) is 10.0. The number of fused-ring (bicyclic) bond motifs is 3. The zero-order chi connectivity index (χ0) is 12.7. The highest BCUT2D eigenvalue weighted by Crippen LogP contribution is 2.28. The maximum atomic E-state index is 10.8. The summed E-state index contributed by atoms with van der Waals surface area (Å²) in [5.74, 6) is 0. The standard InChI is InChI=1S/C12H6ClN3O2/c13-12-6-10-9-5-8(16(17)18)3-1-7(9)2-4-11(10)14-15-12/h1-6H. The number of rotatable bonds is 1. The lowest BCUT2D eigenvalue weighted by atomic mass is 10.1. The van der Waals surface area contributed by atoms with Crippen LogP contribution in [0.3, 0.4) is 0 Å². The van der Waals surface area contributed by atoms with Crippen LogP contribution in [0.15, 0.2) is 36.4 Å². The molecule has 88 valence electrons. The molecular weight excluding hydrogens is 254 g/mol. The number of non-ortho nitro benzene ring substituents is 1. The molecule has 0 saturated carbocycles. The van der Waals surface area contributed by atoms with Crippen molar-refractivity contribution in [2.24, 2.45) is 0 Å². The second-order valence-corrected chi connectivity index (χ2v) is 4.22. The molecule has 5 nitrogen and oxygen atoms in total. The predicted molar refractivity (Wildman–Crippen MR) is 68.7 cm³/mol. The molecule has 0 amide bonds. The number of aromatic nitrogens is 2. The molecule has 0 atom stereocenters. The number of hydrogen-bond acceptors (Lipinski definition) is 4. The van der Waals surface area contributed by atoms with Gasteiger partial charge in [-0.1, -0.05) is 17.7 Å². The van der Waals surface area contributed by atoms with Crippen molar-refractivity contribution < 1.29 is 4.92 Å². The Labute approximate surface area is 106 Å². The highest BCUT2D eigenvalue weighted by Gasteiger charge is 2.09. The van der Waals surface area contributed by atoms with Gasteiger partial charge in [-0.25, -0.2) is 0 Å². The molecule has 1 aromatic heterocycles. The summed E-state index contributed by atoms with van der Waals surface area (Å²) in [4.78, 5) is 10.4. The number of nitro benzene ring substituents is 1. The zero-order valence-electron chi connectivity index (χ0n) is 9.00. The van der Waals surface area contributed by atoms with Gasteiger partial charge in [0, 0.05) is 17.5 Å². The second-order valence-electron chi connectivity index (χ2n) is 3.83. The van der Waals surface area contributed by atoms with Crippen molar-refractivity contribution in [3.05, 3.63) is 51.7 Å². The van der Waals surface area contributed by atoms with E-state index in [-0.39, 0.29) is 10.8 Å². The topological polar surface area (TPSA) is 68.9 Å². The van der Waals surface area contributed by atoms with Crippen molar-refractivity contribution in [3.63, 3.8) is 0 Å². The highest BCUT2D eigenvalue weighted by atomic mass is 35.5. The number of nitro groups is 1. The third kappa shape index (κ3) is 1.65. The van der Waals surface area contributed by atoms with Crippen LogP contribution in [0, 0.1) is 10.1 Å². The van der Waals surface area contributed by atoms with E-state index in [0.717, 1.165) is 16.2 Å². The molecule has 0 aliphatic heterocycles. The van der Waals surface area contributed by atoms with Crippen LogP contribution in [0.2, 0.25) is 5.15 Å². The lowest BCUT2D eigenvalue weighted by Gasteiger charge is -2.02. The molecule has 3 aromatic rings. The van der Waals surface area contributed by atoms with Crippen LogP contribution in [0.1, 0.15) is 0 Å². The Morgan fingerprint density at radius 3 is 2.61 bits per heavy atom. The first-order chi connectivity index (χ1) is 8.65. The molecule has 0 aliphatic carbocycles. The molecule has 2 aromatic carbocycles. The van der Waals surface area contributed by atoms with E-state index in [2.05, 4.69) is 10.2 Å². The average Bonchev–Trinajstić information content (AvgIpc) is 2.37. The maximum Gasteiger partial charge on any atom is 0.270 e. The fraction of sp³-hybridized carbons (Fsp3) is 0. The molecule has 1 heterocycles. The minimum Gasteiger partial charge on any atom is -0.258 e. The fourth-order valence-electron chi connectivity index (χ4n) is 1.92. The highest BCUT2D eigenvalue weighted by molar-refractivity contribution is 6.30. The Morgan fingerprint density at radius 1 is 1.06 bits per heavy atom. The maximum absolute atomic E-state index is 10.8. The summed E-state index contributed by atoms with van der Waals surface area (Å²) in [5.41, 5.74) is 0.704. The molecule has 18 heavy (non-hydrogen) atoms. The van der Waals surface area contributed by atoms with E-state index in [0.29, 0.717) is 5.52 Å². The van der Waals surface area contributed by atoms with Crippen LogP contribution in [0.4, 0.5) is 5.69 Å². The zero-order valence-corrected chi connectivity index (χ0v) is 9.76. The van der Waals surface area contributed by atoms with Gasteiger partial charge in [-0.05, 0) is 29.0 Å². The van der Waals surface area contributed by atoms with Gasteiger partial charge >= 0.3 is 0 Å². The second kappa shape index (κ2) is 3.89. The molecular formula is C12H6ClN3O2. The summed E-state index contributed by atoms with van der Waals surface area (Å²) < 4.78 is 0. The van der Waals surface area contributed by atoms with Crippen molar-refractivity contribution in [3.8, 4) is 0 Å². The van der Waals surface area contributed by atoms with Crippen molar-refractivity contribution >= 4 is 39.0 Å². The van der Waals surface area contributed by atoms with Crippen LogP contribution in [0.25, 0.3) is 21.7 Å². The van der Waals surface area contributed by atoms with Crippen LogP contribution in [-0.4, -0.2) is 15.1 Å². The van der Waals surface area contributed by atoms with Gasteiger partial charge in [0.25, 0.3) is 5.69 Å². The molecule has 0 spiro atoms. The van der Waals surface area contributed by atoms with Crippen molar-refractivity contribution in [2.45, 2.75) is 0 Å². The van der Waals surface area contributed by atoms with E-state index < -0.39 is 4.92 Å². The summed E-state index contributed by atoms with van der Waals surface area (Å²) >= 11 is 5.81. The molecule has 0 aliphatic rings. The Kier molecular flexibility index (Phi) is 2.34. The van der Waals surface area contributed by atoms with Gasteiger partial charge in [0.2, 0.25) is 0 Å². The molecule has 0 bridgehead atoms. The molecule has 3 rings (SSSR count). The van der Waals surface area contributed by atoms with Gasteiger partial charge in [-0.3, -0.25) is 10.1 Å².